The number of carbonyl (C=O) groups excluding carboxylic acids is 2. The van der Waals surface area contributed by atoms with Gasteiger partial charge >= 0.3 is 0 Å². The van der Waals surface area contributed by atoms with E-state index in [4.69, 9.17) is 0 Å². The molecule has 3 fully saturated rings. The van der Waals surface area contributed by atoms with Crippen molar-refractivity contribution in [2.75, 3.05) is 37.6 Å². The highest BCUT2D eigenvalue weighted by Gasteiger charge is 2.47. The molecule has 1 saturated carbocycles. The Labute approximate surface area is 187 Å². The molecule has 1 aromatic heterocycles. The standard InChI is InChI=1S/C24H28N4O2S/c1-17(22-19(29)15-24(16-20(22)30)8-4-9-25-24)7-10-27-11-13-28(14-12-27)23-18-5-2-3-6-21(18)31-26-23/h2-3,5-6,17,22,25H,4,8-9,11-16H2,1H3. The summed E-state index contributed by atoms with van der Waals surface area (Å²) in [5.41, 5.74) is -0.270. The molecule has 0 amide bonds. The maximum Gasteiger partial charge on any atom is 0.150 e. The molecule has 1 spiro atoms. The highest BCUT2D eigenvalue weighted by atomic mass is 32.1. The first-order valence-electron chi connectivity index (χ1n) is 11.2. The average Bonchev–Trinajstić information content (AvgIpc) is 3.39. The van der Waals surface area contributed by atoms with E-state index >= 15 is 0 Å². The molecule has 1 atom stereocenters. The zero-order valence-corrected chi connectivity index (χ0v) is 18.7. The summed E-state index contributed by atoms with van der Waals surface area (Å²) in [7, 11) is 0. The lowest BCUT2D eigenvalue weighted by molar-refractivity contribution is -0.139. The molecule has 6 nitrogen and oxygen atoms in total. The molecule has 2 aliphatic heterocycles. The molecule has 7 heteroatoms. The summed E-state index contributed by atoms with van der Waals surface area (Å²) in [5.74, 6) is 3.61. The number of carbonyl (C=O) groups is 2. The van der Waals surface area contributed by atoms with E-state index in [1.165, 1.54) is 10.1 Å². The van der Waals surface area contributed by atoms with E-state index in [0.29, 0.717) is 12.8 Å². The van der Waals surface area contributed by atoms with Gasteiger partial charge < -0.3 is 15.1 Å². The zero-order valence-electron chi connectivity index (χ0n) is 17.9. The number of nitrogens with zero attached hydrogens (tertiary/aromatic N) is 3. The Hall–Kier alpha value is -2.43. The lowest BCUT2D eigenvalue weighted by atomic mass is 9.70. The van der Waals surface area contributed by atoms with Crippen LogP contribution in [0.2, 0.25) is 0 Å². The van der Waals surface area contributed by atoms with Crippen LogP contribution in [0.3, 0.4) is 0 Å². The Bertz CT molecular complexity index is 1030. The number of hydrogen-bond donors (Lipinski definition) is 1. The van der Waals surface area contributed by atoms with Gasteiger partial charge in [0.05, 0.1) is 10.6 Å². The topological polar surface area (TPSA) is 65.5 Å². The summed E-state index contributed by atoms with van der Waals surface area (Å²) in [4.78, 5) is 30.0. The molecule has 0 bridgehead atoms. The number of rotatable bonds is 2. The van der Waals surface area contributed by atoms with Crippen LogP contribution in [0.4, 0.5) is 5.82 Å². The van der Waals surface area contributed by atoms with Crippen molar-refractivity contribution in [3.63, 3.8) is 0 Å². The summed E-state index contributed by atoms with van der Waals surface area (Å²) < 4.78 is 5.87. The number of nitrogens with one attached hydrogen (secondary N) is 1. The molecule has 1 unspecified atom stereocenters. The first-order chi connectivity index (χ1) is 15.0. The lowest BCUT2D eigenvalue weighted by Gasteiger charge is -2.36. The second kappa shape index (κ2) is 8.25. The number of piperazine rings is 1. The van der Waals surface area contributed by atoms with Crippen molar-refractivity contribution in [1.29, 1.82) is 0 Å². The maximum atomic E-state index is 12.8. The number of anilines is 1. The van der Waals surface area contributed by atoms with Crippen LogP contribution in [-0.2, 0) is 9.59 Å². The summed E-state index contributed by atoms with van der Waals surface area (Å²) in [6.45, 7) is 6.21. The molecule has 1 N–H and O–H groups in total. The molecule has 5 rings (SSSR count). The molecule has 162 valence electrons. The predicted octanol–water partition coefficient (Wildman–Crippen LogP) is 2.69. The monoisotopic (exact) mass is 436 g/mol. The molecule has 3 aliphatic rings. The van der Waals surface area contributed by atoms with E-state index in [9.17, 15) is 9.59 Å². The van der Waals surface area contributed by atoms with Gasteiger partial charge in [-0.15, -0.1) is 0 Å². The summed E-state index contributed by atoms with van der Waals surface area (Å²) >= 11 is 1.54. The second-order valence-electron chi connectivity index (χ2n) is 9.10. The third-order valence-electron chi connectivity index (χ3n) is 6.94. The van der Waals surface area contributed by atoms with Crippen molar-refractivity contribution in [2.24, 2.45) is 11.8 Å². The van der Waals surface area contributed by atoms with E-state index in [1.807, 2.05) is 13.0 Å². The predicted molar refractivity (Wildman–Crippen MR) is 123 cm³/mol. The SMILES string of the molecule is CC(C#CN1CCN(c2nsc3ccccc23)CC1)C1C(=O)CC2(CCCN2)CC1=O. The highest BCUT2D eigenvalue weighted by molar-refractivity contribution is 7.13. The van der Waals surface area contributed by atoms with Crippen LogP contribution in [0.25, 0.3) is 10.1 Å². The van der Waals surface area contributed by atoms with Crippen molar-refractivity contribution in [2.45, 2.75) is 38.1 Å². The molecule has 3 heterocycles. The first kappa shape index (κ1) is 20.5. The van der Waals surface area contributed by atoms with Crippen molar-refractivity contribution < 1.29 is 9.59 Å². The number of Topliss-reactive ketones (excluding diaryl/α,β-unsaturated/α-hetero) is 2. The number of ketones is 2. The Balaban J connectivity index is 1.20. The number of benzene rings is 1. The van der Waals surface area contributed by atoms with Crippen LogP contribution >= 0.6 is 11.5 Å². The fraction of sp³-hybridized carbons (Fsp3) is 0.542. The summed E-state index contributed by atoms with van der Waals surface area (Å²) in [6, 6.07) is 11.6. The normalized spacial score (nSPS) is 27.6. The molecule has 31 heavy (non-hydrogen) atoms. The third kappa shape index (κ3) is 3.95. The van der Waals surface area contributed by atoms with Gasteiger partial charge in [0, 0.05) is 61.9 Å². The number of aromatic nitrogens is 1. The van der Waals surface area contributed by atoms with E-state index in [-0.39, 0.29) is 23.0 Å². The van der Waals surface area contributed by atoms with Gasteiger partial charge in [-0.05, 0) is 43.1 Å². The van der Waals surface area contributed by atoms with E-state index in [2.05, 4.69) is 49.7 Å². The van der Waals surface area contributed by atoms with Crippen LogP contribution in [0.5, 0.6) is 0 Å². The van der Waals surface area contributed by atoms with E-state index in [1.54, 1.807) is 11.5 Å². The third-order valence-corrected chi connectivity index (χ3v) is 7.76. The summed E-state index contributed by atoms with van der Waals surface area (Å²) in [5, 5.41) is 4.62. The number of fused-ring (bicyclic) bond motifs is 1. The molecule has 0 radical (unpaired) electrons. The van der Waals surface area contributed by atoms with Gasteiger partial charge in [-0.25, -0.2) is 0 Å². The Morgan fingerprint density at radius 2 is 1.90 bits per heavy atom. The van der Waals surface area contributed by atoms with E-state index in [0.717, 1.165) is 51.4 Å². The summed E-state index contributed by atoms with van der Waals surface area (Å²) in [6.07, 6.45) is 2.91. The maximum absolute atomic E-state index is 12.8. The van der Waals surface area contributed by atoms with Gasteiger partial charge in [0.25, 0.3) is 0 Å². The minimum atomic E-state index is -0.566. The first-order valence-corrected chi connectivity index (χ1v) is 12.0. The van der Waals surface area contributed by atoms with Crippen LogP contribution in [0.15, 0.2) is 24.3 Å². The van der Waals surface area contributed by atoms with Gasteiger partial charge in [-0.1, -0.05) is 25.0 Å². The van der Waals surface area contributed by atoms with Crippen LogP contribution in [0, 0.1) is 23.8 Å². The Morgan fingerprint density at radius 3 is 2.61 bits per heavy atom. The minimum Gasteiger partial charge on any atom is -0.352 e. The molecule has 2 aromatic rings. The Morgan fingerprint density at radius 1 is 1.16 bits per heavy atom. The Kier molecular flexibility index (Phi) is 5.45. The second-order valence-corrected chi connectivity index (χ2v) is 9.90. The van der Waals surface area contributed by atoms with Crippen LogP contribution in [-0.4, -0.2) is 59.1 Å². The van der Waals surface area contributed by atoms with Gasteiger partial charge in [0.2, 0.25) is 0 Å². The highest BCUT2D eigenvalue weighted by Crippen LogP contribution is 2.36. The van der Waals surface area contributed by atoms with Gasteiger partial charge in [-0.2, -0.15) is 4.37 Å². The minimum absolute atomic E-state index is 0.0627. The average molecular weight is 437 g/mol. The van der Waals surface area contributed by atoms with Gasteiger partial charge in [0.1, 0.15) is 17.4 Å². The van der Waals surface area contributed by atoms with E-state index < -0.39 is 5.92 Å². The zero-order chi connectivity index (χ0) is 21.4. The molecule has 1 aromatic carbocycles. The van der Waals surface area contributed by atoms with Gasteiger partial charge in [0.15, 0.2) is 0 Å². The molecular formula is C24H28N4O2S. The molecule has 2 saturated heterocycles. The quantitative estimate of drug-likeness (QED) is 0.577. The van der Waals surface area contributed by atoms with Crippen LogP contribution < -0.4 is 10.2 Å². The van der Waals surface area contributed by atoms with Crippen molar-refractivity contribution >= 4 is 39.0 Å². The fourth-order valence-corrected chi connectivity index (χ4v) is 6.06. The smallest absolute Gasteiger partial charge is 0.150 e. The van der Waals surface area contributed by atoms with Gasteiger partial charge in [-0.3, -0.25) is 9.59 Å². The molecule has 1 aliphatic carbocycles. The molecular weight excluding hydrogens is 408 g/mol. The van der Waals surface area contributed by atoms with Crippen molar-refractivity contribution in [3.8, 4) is 12.0 Å². The fourth-order valence-electron chi connectivity index (χ4n) is 5.26. The largest absolute Gasteiger partial charge is 0.352 e. The van der Waals surface area contributed by atoms with Crippen LogP contribution in [0.1, 0.15) is 32.6 Å². The number of hydrogen-bond acceptors (Lipinski definition) is 7. The van der Waals surface area contributed by atoms with Crippen molar-refractivity contribution in [1.82, 2.24) is 14.6 Å². The van der Waals surface area contributed by atoms with Crippen molar-refractivity contribution in [3.05, 3.63) is 24.3 Å². The lowest BCUT2D eigenvalue weighted by Crippen LogP contribution is -2.52.